The Morgan fingerprint density at radius 3 is 2.79 bits per heavy atom. The number of pyridine rings is 1. The lowest BCUT2D eigenvalue weighted by atomic mass is 9.90. The van der Waals surface area contributed by atoms with Gasteiger partial charge in [-0.3, -0.25) is 9.78 Å². The van der Waals surface area contributed by atoms with Crippen molar-refractivity contribution in [3.8, 4) is 0 Å². The predicted octanol–water partition coefficient (Wildman–Crippen LogP) is 3.52. The van der Waals surface area contributed by atoms with Gasteiger partial charge in [-0.15, -0.1) is 0 Å². The molecule has 29 heavy (non-hydrogen) atoms. The molecule has 1 aliphatic heterocycles. The predicted molar refractivity (Wildman–Crippen MR) is 110 cm³/mol. The zero-order chi connectivity index (χ0) is 20.8. The number of amides is 1. The maximum Gasteiger partial charge on any atom is 0.233 e. The van der Waals surface area contributed by atoms with Crippen LogP contribution in [0.5, 0.6) is 0 Å². The molecule has 1 atom stereocenters. The number of carbonyl (C=O) groups is 1. The van der Waals surface area contributed by atoms with Crippen molar-refractivity contribution < 1.29 is 17.6 Å². The topological polar surface area (TPSA) is 79.4 Å². The first-order valence-electron chi connectivity index (χ1n) is 8.80. The van der Waals surface area contributed by atoms with Gasteiger partial charge < -0.3 is 5.32 Å². The average Bonchev–Trinajstić information content (AvgIpc) is 2.67. The van der Waals surface area contributed by atoms with Crippen LogP contribution in [0.3, 0.4) is 0 Å². The summed E-state index contributed by atoms with van der Waals surface area (Å²) in [6, 6.07) is 10.0. The van der Waals surface area contributed by atoms with Crippen molar-refractivity contribution in [3.05, 3.63) is 70.8 Å². The second-order valence-electron chi connectivity index (χ2n) is 6.97. The molecule has 0 radical (unpaired) electrons. The highest BCUT2D eigenvalue weighted by molar-refractivity contribution is 7.88. The maximum absolute atomic E-state index is 14.0. The molecule has 2 heterocycles. The zero-order valence-electron chi connectivity index (χ0n) is 15.4. The fourth-order valence-corrected chi connectivity index (χ4v) is 4.50. The van der Waals surface area contributed by atoms with Crippen LogP contribution in [0.25, 0.3) is 10.8 Å². The van der Waals surface area contributed by atoms with E-state index >= 15 is 0 Å². The van der Waals surface area contributed by atoms with Crippen LogP contribution in [0.15, 0.2) is 48.8 Å². The number of aromatic nitrogens is 1. The Morgan fingerprint density at radius 1 is 1.28 bits per heavy atom. The largest absolute Gasteiger partial charge is 0.324 e. The lowest BCUT2D eigenvalue weighted by Crippen LogP contribution is -2.41. The fraction of sp³-hybridized carbons (Fsp3) is 0.200. The highest BCUT2D eigenvalue weighted by atomic mass is 35.5. The number of carbonyl (C=O) groups excluding carboxylic acids is 1. The minimum atomic E-state index is -3.58. The fourth-order valence-electron chi connectivity index (χ4n) is 3.53. The van der Waals surface area contributed by atoms with E-state index in [1.54, 1.807) is 6.20 Å². The zero-order valence-corrected chi connectivity index (χ0v) is 17.0. The third kappa shape index (κ3) is 3.83. The molecule has 3 aromatic rings. The number of hydrogen-bond acceptors (Lipinski definition) is 4. The first-order chi connectivity index (χ1) is 13.7. The van der Waals surface area contributed by atoms with Crippen molar-refractivity contribution >= 4 is 44.0 Å². The van der Waals surface area contributed by atoms with Gasteiger partial charge in [0.05, 0.1) is 29.1 Å². The molecule has 0 saturated heterocycles. The standard InChI is InChI=1S/C20H17ClFN3O3S/c1-29(27,28)25-10-13-6-18(22)17(21)7-15(13)16(11-25)20(26)24-19-9-23-8-12-4-2-3-5-14(12)19/h2-9,16H,10-11H2,1H3,(H,24,26). The van der Waals surface area contributed by atoms with Crippen LogP contribution < -0.4 is 5.32 Å². The second kappa shape index (κ2) is 7.37. The van der Waals surface area contributed by atoms with E-state index < -0.39 is 27.7 Å². The monoisotopic (exact) mass is 433 g/mol. The highest BCUT2D eigenvalue weighted by Crippen LogP contribution is 2.34. The molecule has 1 aliphatic rings. The summed E-state index contributed by atoms with van der Waals surface area (Å²) >= 11 is 5.93. The molecule has 0 aliphatic carbocycles. The van der Waals surface area contributed by atoms with E-state index in [1.165, 1.54) is 18.3 Å². The minimum absolute atomic E-state index is 0.0120. The Balaban J connectivity index is 1.74. The van der Waals surface area contributed by atoms with E-state index in [4.69, 9.17) is 11.6 Å². The third-order valence-electron chi connectivity index (χ3n) is 5.00. The van der Waals surface area contributed by atoms with Gasteiger partial charge in [-0.05, 0) is 23.3 Å². The lowest BCUT2D eigenvalue weighted by Gasteiger charge is -2.32. The summed E-state index contributed by atoms with van der Waals surface area (Å²) in [5, 5.41) is 4.40. The Hall–Kier alpha value is -2.55. The Labute approximate surface area is 172 Å². The van der Waals surface area contributed by atoms with Crippen molar-refractivity contribution in [2.24, 2.45) is 0 Å². The number of anilines is 1. The van der Waals surface area contributed by atoms with E-state index in [-0.39, 0.29) is 18.1 Å². The molecule has 6 nitrogen and oxygen atoms in total. The molecular weight excluding hydrogens is 417 g/mol. The van der Waals surface area contributed by atoms with Crippen molar-refractivity contribution in [1.29, 1.82) is 0 Å². The molecule has 150 valence electrons. The van der Waals surface area contributed by atoms with E-state index in [0.29, 0.717) is 16.8 Å². The Bertz CT molecular complexity index is 1230. The van der Waals surface area contributed by atoms with Crippen LogP contribution in [-0.4, -0.2) is 36.4 Å². The summed E-state index contributed by atoms with van der Waals surface area (Å²) in [6.07, 6.45) is 4.29. The molecule has 4 rings (SSSR count). The number of benzene rings is 2. The van der Waals surface area contributed by atoms with Crippen LogP contribution >= 0.6 is 11.6 Å². The molecule has 1 N–H and O–H groups in total. The molecule has 0 saturated carbocycles. The van der Waals surface area contributed by atoms with Crippen LogP contribution in [0.1, 0.15) is 17.0 Å². The number of halogens is 2. The first kappa shape index (κ1) is 19.8. The summed E-state index contributed by atoms with van der Waals surface area (Å²) in [5.41, 5.74) is 1.45. The van der Waals surface area contributed by atoms with Gasteiger partial charge in [0.15, 0.2) is 0 Å². The summed E-state index contributed by atoms with van der Waals surface area (Å²) in [7, 11) is -3.58. The SMILES string of the molecule is CS(=O)(=O)N1Cc2cc(F)c(Cl)cc2C(C(=O)Nc2cncc3ccccc23)C1. The Morgan fingerprint density at radius 2 is 2.03 bits per heavy atom. The average molecular weight is 434 g/mol. The van der Waals surface area contributed by atoms with Gasteiger partial charge in [0, 0.05) is 30.1 Å². The van der Waals surface area contributed by atoms with Gasteiger partial charge in [-0.25, -0.2) is 12.8 Å². The van der Waals surface area contributed by atoms with Gasteiger partial charge in [0.2, 0.25) is 15.9 Å². The normalized spacial score (nSPS) is 17.1. The summed E-state index contributed by atoms with van der Waals surface area (Å²) in [5.74, 6) is -1.91. The summed E-state index contributed by atoms with van der Waals surface area (Å²) in [6.45, 7) is -0.0698. The van der Waals surface area contributed by atoms with Gasteiger partial charge in [-0.1, -0.05) is 35.9 Å². The quantitative estimate of drug-likeness (QED) is 0.685. The molecule has 0 fully saturated rings. The molecule has 0 spiro atoms. The highest BCUT2D eigenvalue weighted by Gasteiger charge is 2.35. The molecule has 1 aromatic heterocycles. The molecule has 9 heteroatoms. The van der Waals surface area contributed by atoms with E-state index in [9.17, 15) is 17.6 Å². The van der Waals surface area contributed by atoms with Gasteiger partial charge in [0.1, 0.15) is 5.82 Å². The maximum atomic E-state index is 14.0. The third-order valence-corrected chi connectivity index (χ3v) is 6.51. The van der Waals surface area contributed by atoms with Crippen molar-refractivity contribution in [2.45, 2.75) is 12.5 Å². The van der Waals surface area contributed by atoms with Crippen LogP contribution in [0.4, 0.5) is 10.1 Å². The van der Waals surface area contributed by atoms with Crippen molar-refractivity contribution in [3.63, 3.8) is 0 Å². The number of sulfonamides is 1. The molecule has 2 aromatic carbocycles. The van der Waals surface area contributed by atoms with E-state index in [2.05, 4.69) is 10.3 Å². The van der Waals surface area contributed by atoms with Crippen molar-refractivity contribution in [1.82, 2.24) is 9.29 Å². The van der Waals surface area contributed by atoms with Crippen LogP contribution in [0, 0.1) is 5.82 Å². The summed E-state index contributed by atoms with van der Waals surface area (Å²) in [4.78, 5) is 17.3. The lowest BCUT2D eigenvalue weighted by molar-refractivity contribution is -0.118. The van der Waals surface area contributed by atoms with E-state index in [0.717, 1.165) is 21.3 Å². The van der Waals surface area contributed by atoms with Gasteiger partial charge in [0.25, 0.3) is 0 Å². The number of nitrogens with zero attached hydrogens (tertiary/aromatic N) is 2. The second-order valence-corrected chi connectivity index (χ2v) is 9.36. The van der Waals surface area contributed by atoms with Gasteiger partial charge >= 0.3 is 0 Å². The molecule has 0 bridgehead atoms. The number of nitrogens with one attached hydrogen (secondary N) is 1. The number of rotatable bonds is 3. The van der Waals surface area contributed by atoms with Crippen LogP contribution in [0.2, 0.25) is 5.02 Å². The molecule has 1 unspecified atom stereocenters. The number of fused-ring (bicyclic) bond motifs is 2. The first-order valence-corrected chi connectivity index (χ1v) is 11.0. The van der Waals surface area contributed by atoms with Crippen LogP contribution in [-0.2, 0) is 21.4 Å². The smallest absolute Gasteiger partial charge is 0.233 e. The summed E-state index contributed by atoms with van der Waals surface area (Å²) < 4.78 is 39.4. The number of hydrogen-bond donors (Lipinski definition) is 1. The molecular formula is C20H17ClFN3O3S. The molecule has 1 amide bonds. The van der Waals surface area contributed by atoms with Gasteiger partial charge in [-0.2, -0.15) is 4.31 Å². The van der Waals surface area contributed by atoms with Crippen molar-refractivity contribution in [2.75, 3.05) is 18.1 Å². The Kier molecular flexibility index (Phi) is 5.02. The minimum Gasteiger partial charge on any atom is -0.324 e. The van der Waals surface area contributed by atoms with E-state index in [1.807, 2.05) is 24.3 Å².